The minimum absolute atomic E-state index is 0.0347. The molecule has 2 aliphatic carbocycles. The third-order valence-corrected chi connectivity index (χ3v) is 7.48. The Labute approximate surface area is 189 Å². The van der Waals surface area contributed by atoms with Crippen LogP contribution in [0, 0.1) is 5.92 Å². The molecule has 1 spiro atoms. The fourth-order valence-electron chi connectivity index (χ4n) is 6.18. The fourth-order valence-corrected chi connectivity index (χ4v) is 6.18. The van der Waals surface area contributed by atoms with E-state index >= 15 is 0 Å². The molecule has 0 N–H and O–H groups in total. The number of allylic oxidation sites excluding steroid dienone is 2. The first kappa shape index (κ1) is 21.2. The van der Waals surface area contributed by atoms with Gasteiger partial charge in [-0.2, -0.15) is 0 Å². The molecular weight excluding hydrogens is 404 g/mol. The van der Waals surface area contributed by atoms with Gasteiger partial charge in [-0.15, -0.1) is 0 Å². The van der Waals surface area contributed by atoms with Crippen LogP contribution in [-0.2, 0) is 19.1 Å². The maximum absolute atomic E-state index is 12.7. The molecule has 32 heavy (non-hydrogen) atoms. The SMILES string of the molecule is CCOC(=O)C(C(=O)OCC)=c1ccc2c(c1)N1C3=C(CCCC3)CC3CCCCC31N=2. The Kier molecular flexibility index (Phi) is 5.56. The van der Waals surface area contributed by atoms with Gasteiger partial charge in [-0.05, 0) is 82.6 Å². The van der Waals surface area contributed by atoms with E-state index in [1.165, 1.54) is 50.6 Å². The fraction of sp³-hybridized carbons (Fsp3) is 0.577. The summed E-state index contributed by atoms with van der Waals surface area (Å²) in [5.74, 6) is -0.743. The summed E-state index contributed by atoms with van der Waals surface area (Å²) in [6.45, 7) is 3.88. The molecule has 0 bridgehead atoms. The lowest BCUT2D eigenvalue weighted by Crippen LogP contribution is -2.55. The van der Waals surface area contributed by atoms with Crippen LogP contribution < -0.4 is 15.5 Å². The lowest BCUT2D eigenvalue weighted by molar-refractivity contribution is -0.142. The van der Waals surface area contributed by atoms with Crippen LogP contribution in [0.2, 0.25) is 0 Å². The van der Waals surface area contributed by atoms with Crippen molar-refractivity contribution in [2.75, 3.05) is 18.1 Å². The zero-order valence-corrected chi connectivity index (χ0v) is 19.1. The monoisotopic (exact) mass is 436 g/mol. The van der Waals surface area contributed by atoms with E-state index in [9.17, 15) is 9.59 Å². The van der Waals surface area contributed by atoms with Crippen LogP contribution >= 0.6 is 0 Å². The topological polar surface area (TPSA) is 68.2 Å². The summed E-state index contributed by atoms with van der Waals surface area (Å²) >= 11 is 0. The summed E-state index contributed by atoms with van der Waals surface area (Å²) < 4.78 is 10.4. The highest BCUT2D eigenvalue weighted by atomic mass is 16.6. The standard InChI is InChI=1S/C26H32N2O4/c1-3-31-24(29)23(25(30)32-4-2)18-12-13-20-22(16-18)28-21-11-6-5-9-17(21)15-19-10-7-8-14-26(19,28)27-20/h12-13,16,19H,3-11,14-15H2,1-2H3. The van der Waals surface area contributed by atoms with Crippen molar-refractivity contribution < 1.29 is 19.1 Å². The number of carbonyl (C=O) groups excluding carboxylic acids is 2. The third-order valence-electron chi connectivity index (χ3n) is 7.48. The number of rotatable bonds is 4. The first-order chi connectivity index (χ1) is 15.6. The number of carbonyl (C=O) groups is 2. The molecule has 2 aliphatic heterocycles. The van der Waals surface area contributed by atoms with Crippen molar-refractivity contribution in [2.45, 2.75) is 77.3 Å². The van der Waals surface area contributed by atoms with Gasteiger partial charge in [-0.25, -0.2) is 9.59 Å². The maximum atomic E-state index is 12.7. The lowest BCUT2D eigenvalue weighted by atomic mass is 9.70. The first-order valence-electron chi connectivity index (χ1n) is 12.2. The summed E-state index contributed by atoms with van der Waals surface area (Å²) in [4.78, 5) is 33.2. The Morgan fingerprint density at radius 2 is 1.81 bits per heavy atom. The van der Waals surface area contributed by atoms with Crippen molar-refractivity contribution in [1.29, 1.82) is 0 Å². The molecular formula is C26H32N2O4. The largest absolute Gasteiger partial charge is 0.462 e. The van der Waals surface area contributed by atoms with Gasteiger partial charge in [0, 0.05) is 11.6 Å². The van der Waals surface area contributed by atoms with Crippen LogP contribution in [-0.4, -0.2) is 30.8 Å². The summed E-state index contributed by atoms with van der Waals surface area (Å²) in [7, 11) is 0. The predicted octanol–water partition coefficient (Wildman–Crippen LogP) is 3.52. The van der Waals surface area contributed by atoms with Crippen LogP contribution in [0.5, 0.6) is 0 Å². The van der Waals surface area contributed by atoms with Crippen molar-refractivity contribution in [3.63, 3.8) is 0 Å². The minimum atomic E-state index is -0.637. The highest BCUT2D eigenvalue weighted by Gasteiger charge is 2.53. The van der Waals surface area contributed by atoms with Crippen molar-refractivity contribution in [3.8, 4) is 0 Å². The van der Waals surface area contributed by atoms with E-state index in [1.54, 1.807) is 19.4 Å². The number of hydrogen-bond acceptors (Lipinski definition) is 6. The molecule has 170 valence electrons. The van der Waals surface area contributed by atoms with Gasteiger partial charge in [0.05, 0.1) is 24.3 Å². The second-order valence-electron chi connectivity index (χ2n) is 9.25. The molecule has 5 rings (SSSR count). The molecule has 0 radical (unpaired) electrons. The smallest absolute Gasteiger partial charge is 0.346 e. The number of fused-ring (bicyclic) bond motifs is 3. The molecule has 0 amide bonds. The molecule has 6 heteroatoms. The maximum Gasteiger partial charge on any atom is 0.346 e. The normalized spacial score (nSPS) is 25.7. The van der Waals surface area contributed by atoms with E-state index in [2.05, 4.69) is 4.90 Å². The molecule has 2 atom stereocenters. The zero-order valence-electron chi connectivity index (χ0n) is 19.1. The van der Waals surface area contributed by atoms with Gasteiger partial charge in [0.2, 0.25) is 0 Å². The predicted molar refractivity (Wildman–Crippen MR) is 121 cm³/mol. The molecule has 1 fully saturated rings. The summed E-state index contributed by atoms with van der Waals surface area (Å²) in [5.41, 5.74) is 3.81. The van der Waals surface area contributed by atoms with Crippen LogP contribution in [0.4, 0.5) is 5.69 Å². The van der Waals surface area contributed by atoms with E-state index in [0.29, 0.717) is 11.1 Å². The number of benzene rings is 1. The molecule has 1 aromatic carbocycles. The molecule has 1 aromatic rings. The van der Waals surface area contributed by atoms with E-state index in [0.717, 1.165) is 23.9 Å². The van der Waals surface area contributed by atoms with Crippen molar-refractivity contribution in [3.05, 3.63) is 40.0 Å². The van der Waals surface area contributed by atoms with Gasteiger partial charge in [0.25, 0.3) is 0 Å². The van der Waals surface area contributed by atoms with Crippen LogP contribution in [0.15, 0.2) is 34.5 Å². The number of esters is 2. The van der Waals surface area contributed by atoms with Gasteiger partial charge in [-0.1, -0.05) is 18.1 Å². The average Bonchev–Trinajstić information content (AvgIpc) is 3.12. The zero-order chi connectivity index (χ0) is 22.3. The second-order valence-corrected chi connectivity index (χ2v) is 9.25. The molecule has 0 aromatic heterocycles. The highest BCUT2D eigenvalue weighted by molar-refractivity contribution is 6.36. The Hall–Kier alpha value is -2.63. The Bertz CT molecular complexity index is 1090. The third kappa shape index (κ3) is 3.26. The van der Waals surface area contributed by atoms with E-state index in [1.807, 2.05) is 18.2 Å². The highest BCUT2D eigenvalue weighted by Crippen LogP contribution is 2.53. The number of ether oxygens (including phenoxy) is 2. The van der Waals surface area contributed by atoms with Gasteiger partial charge in [-0.3, -0.25) is 4.99 Å². The number of nitrogens with zero attached hydrogens (tertiary/aromatic N) is 2. The van der Waals surface area contributed by atoms with Crippen molar-refractivity contribution in [1.82, 2.24) is 0 Å². The second kappa shape index (κ2) is 8.38. The lowest BCUT2D eigenvalue weighted by Gasteiger charge is -2.52. The van der Waals surface area contributed by atoms with Crippen molar-refractivity contribution >= 4 is 23.2 Å². The Morgan fingerprint density at radius 3 is 2.56 bits per heavy atom. The molecule has 6 nitrogen and oxygen atoms in total. The minimum Gasteiger partial charge on any atom is -0.462 e. The van der Waals surface area contributed by atoms with E-state index in [-0.39, 0.29) is 24.4 Å². The quantitative estimate of drug-likeness (QED) is 0.534. The van der Waals surface area contributed by atoms with Crippen LogP contribution in [0.3, 0.4) is 0 Å². The van der Waals surface area contributed by atoms with Crippen LogP contribution in [0.25, 0.3) is 5.57 Å². The first-order valence-corrected chi connectivity index (χ1v) is 12.2. The van der Waals surface area contributed by atoms with E-state index in [4.69, 9.17) is 14.5 Å². The molecule has 1 saturated carbocycles. The molecule has 2 unspecified atom stereocenters. The summed E-state index contributed by atoms with van der Waals surface area (Å²) in [6.07, 6.45) is 10.6. The van der Waals surface area contributed by atoms with E-state index < -0.39 is 11.9 Å². The molecule has 4 aliphatic rings. The number of anilines is 1. The summed E-state index contributed by atoms with van der Waals surface area (Å²) in [5, 5.41) is 1.51. The van der Waals surface area contributed by atoms with Gasteiger partial charge in [0.15, 0.2) is 5.57 Å². The summed E-state index contributed by atoms with van der Waals surface area (Å²) in [6, 6.07) is 5.74. The molecule has 0 saturated heterocycles. The molecule has 2 heterocycles. The van der Waals surface area contributed by atoms with Crippen molar-refractivity contribution in [2.24, 2.45) is 10.9 Å². The van der Waals surface area contributed by atoms with Gasteiger partial charge >= 0.3 is 11.9 Å². The van der Waals surface area contributed by atoms with Gasteiger partial charge in [0.1, 0.15) is 5.66 Å². The van der Waals surface area contributed by atoms with Crippen LogP contribution in [0.1, 0.15) is 71.6 Å². The Morgan fingerprint density at radius 1 is 1.06 bits per heavy atom. The van der Waals surface area contributed by atoms with Gasteiger partial charge < -0.3 is 14.4 Å². The number of hydrogen-bond donors (Lipinski definition) is 0. The Balaban J connectivity index is 1.70. The average molecular weight is 437 g/mol.